The zero-order valence-corrected chi connectivity index (χ0v) is 20.6. The van der Waals surface area contributed by atoms with Crippen LogP contribution in [0.5, 0.6) is 0 Å². The number of rotatable bonds is 7. The lowest BCUT2D eigenvalue weighted by Gasteiger charge is -2.31. The summed E-state index contributed by atoms with van der Waals surface area (Å²) in [5.74, 6) is -2.30. The topological polar surface area (TPSA) is 96.3 Å². The van der Waals surface area contributed by atoms with E-state index in [-0.39, 0.29) is 21.7 Å². The van der Waals surface area contributed by atoms with Gasteiger partial charge >= 0.3 is 6.09 Å². The molecule has 0 fully saturated rings. The molecule has 0 aromatic heterocycles. The first-order valence-corrected chi connectivity index (χ1v) is 15.8. The van der Waals surface area contributed by atoms with Gasteiger partial charge in [-0.1, -0.05) is 31.8 Å². The Labute approximate surface area is 186 Å². The van der Waals surface area contributed by atoms with Crippen molar-refractivity contribution in [3.05, 3.63) is 45.7 Å². The average molecular weight is 493 g/mol. The van der Waals surface area contributed by atoms with Gasteiger partial charge in [0.1, 0.15) is 16.5 Å². The van der Waals surface area contributed by atoms with Crippen LogP contribution in [0.4, 0.5) is 13.6 Å². The Kier molecular flexibility index (Phi) is 7.72. The van der Waals surface area contributed by atoms with E-state index in [1.165, 1.54) is 25.1 Å². The summed E-state index contributed by atoms with van der Waals surface area (Å²) in [5, 5.41) is 9.47. The van der Waals surface area contributed by atoms with E-state index in [0.29, 0.717) is 18.4 Å². The summed E-state index contributed by atoms with van der Waals surface area (Å²) in [6.45, 7) is 7.80. The van der Waals surface area contributed by atoms with Crippen LogP contribution in [0.25, 0.3) is 0 Å². The lowest BCUT2D eigenvalue weighted by Crippen LogP contribution is -2.40. The molecule has 1 amide bonds. The molecule has 1 heterocycles. The van der Waals surface area contributed by atoms with E-state index in [9.17, 15) is 27.1 Å². The van der Waals surface area contributed by atoms with Crippen molar-refractivity contribution in [2.24, 2.45) is 4.99 Å². The van der Waals surface area contributed by atoms with Crippen molar-refractivity contribution in [3.8, 4) is 0 Å². The van der Waals surface area contributed by atoms with Gasteiger partial charge in [-0.25, -0.2) is 31.9 Å². The second kappa shape index (κ2) is 9.39. The number of hydrogen-bond acceptors (Lipinski definition) is 6. The SMILES string of the molecule is CC1(c2cccc(F)c2F)C=C(S(C)(=O)=O)SC(N(COCC[Si](C)(C)C)C(=O)O)=N1. The summed E-state index contributed by atoms with van der Waals surface area (Å²) in [7, 11) is -5.20. The minimum Gasteiger partial charge on any atom is -0.465 e. The highest BCUT2D eigenvalue weighted by Crippen LogP contribution is 2.41. The number of carbonyl (C=O) groups is 1. The second-order valence-electron chi connectivity index (χ2n) is 8.54. The van der Waals surface area contributed by atoms with Crippen LogP contribution in [-0.2, 0) is 20.1 Å². The van der Waals surface area contributed by atoms with Gasteiger partial charge in [0.2, 0.25) is 0 Å². The molecule has 1 aliphatic heterocycles. The maximum Gasteiger partial charge on any atom is 0.415 e. The first kappa shape index (κ1) is 25.5. The smallest absolute Gasteiger partial charge is 0.415 e. The van der Waals surface area contributed by atoms with Crippen LogP contribution in [0, 0.1) is 11.6 Å². The molecular weight excluding hydrogens is 466 g/mol. The third kappa shape index (κ3) is 6.61. The number of sulfone groups is 1. The molecular formula is C19H26F2N2O5S2Si. The summed E-state index contributed by atoms with van der Waals surface area (Å²) in [4.78, 5) is 16.9. The van der Waals surface area contributed by atoms with E-state index in [4.69, 9.17) is 4.74 Å². The largest absolute Gasteiger partial charge is 0.465 e. The molecule has 172 valence electrons. The molecule has 31 heavy (non-hydrogen) atoms. The van der Waals surface area contributed by atoms with Gasteiger partial charge in [0.25, 0.3) is 0 Å². The summed E-state index contributed by atoms with van der Waals surface area (Å²) in [5.41, 5.74) is -1.85. The van der Waals surface area contributed by atoms with Gasteiger partial charge in [-0.15, -0.1) is 0 Å². The van der Waals surface area contributed by atoms with Crippen molar-refractivity contribution >= 4 is 40.9 Å². The Morgan fingerprint density at radius 1 is 1.32 bits per heavy atom. The van der Waals surface area contributed by atoms with Crippen molar-refractivity contribution in [1.29, 1.82) is 0 Å². The van der Waals surface area contributed by atoms with Crippen molar-refractivity contribution in [3.63, 3.8) is 0 Å². The normalized spacial score (nSPS) is 19.6. The summed E-state index contributed by atoms with van der Waals surface area (Å²) < 4.78 is 58.2. The predicted octanol–water partition coefficient (Wildman–Crippen LogP) is 4.46. The fraction of sp³-hybridized carbons (Fsp3) is 0.474. The molecule has 1 unspecified atom stereocenters. The summed E-state index contributed by atoms with van der Waals surface area (Å²) >= 11 is 0.626. The Morgan fingerprint density at radius 2 is 1.97 bits per heavy atom. The fourth-order valence-corrected chi connectivity index (χ4v) is 5.63. The van der Waals surface area contributed by atoms with Crippen LogP contribution in [0.3, 0.4) is 0 Å². The lowest BCUT2D eigenvalue weighted by molar-refractivity contribution is 0.0705. The standard InChI is InChI=1S/C19H26F2N2O5S2Si/c1-19(13-7-6-8-14(20)16(13)21)11-15(30(2,26)27)29-17(22-19)23(18(24)25)12-28-9-10-31(3,4)5/h6-8,11H,9-10,12H2,1-5H3,(H,24,25). The number of nitrogens with zero attached hydrogens (tertiary/aromatic N) is 2. The number of amidine groups is 1. The van der Waals surface area contributed by atoms with Crippen molar-refractivity contribution in [1.82, 2.24) is 4.90 Å². The molecule has 0 saturated heterocycles. The minimum absolute atomic E-state index is 0.199. The predicted molar refractivity (Wildman–Crippen MR) is 120 cm³/mol. The maximum absolute atomic E-state index is 14.5. The Balaban J connectivity index is 2.47. The van der Waals surface area contributed by atoms with E-state index in [1.54, 1.807) is 0 Å². The molecule has 2 rings (SSSR count). The minimum atomic E-state index is -3.79. The Hall–Kier alpha value is -1.76. The van der Waals surface area contributed by atoms with Crippen LogP contribution < -0.4 is 0 Å². The van der Waals surface area contributed by atoms with Crippen molar-refractivity contribution < 1.29 is 31.8 Å². The molecule has 12 heteroatoms. The first-order chi connectivity index (χ1) is 14.1. The van der Waals surface area contributed by atoms with Crippen molar-refractivity contribution in [2.45, 2.75) is 38.1 Å². The lowest BCUT2D eigenvalue weighted by atomic mass is 9.92. The fourth-order valence-electron chi connectivity index (χ4n) is 2.66. The van der Waals surface area contributed by atoms with Crippen LogP contribution in [-0.4, -0.2) is 57.4 Å². The maximum atomic E-state index is 14.5. The van der Waals surface area contributed by atoms with Crippen LogP contribution >= 0.6 is 11.8 Å². The van der Waals surface area contributed by atoms with Gasteiger partial charge in [0.05, 0.1) is 0 Å². The summed E-state index contributed by atoms with van der Waals surface area (Å²) in [6, 6.07) is 4.29. The number of carboxylic acid groups (broad SMARTS) is 1. The number of halogens is 2. The number of thioether (sulfide) groups is 1. The molecule has 1 aromatic carbocycles. The number of hydrogen-bond donors (Lipinski definition) is 1. The Morgan fingerprint density at radius 3 is 2.52 bits per heavy atom. The van der Waals surface area contributed by atoms with Gasteiger partial charge in [-0.3, -0.25) is 0 Å². The third-order valence-electron chi connectivity index (χ3n) is 4.46. The van der Waals surface area contributed by atoms with Crippen LogP contribution in [0.2, 0.25) is 25.7 Å². The average Bonchev–Trinajstić information content (AvgIpc) is 2.61. The molecule has 0 saturated carbocycles. The van der Waals surface area contributed by atoms with E-state index >= 15 is 0 Å². The van der Waals surface area contributed by atoms with Gasteiger partial charge in [0.15, 0.2) is 26.6 Å². The van der Waals surface area contributed by atoms with E-state index in [2.05, 4.69) is 24.6 Å². The van der Waals surface area contributed by atoms with E-state index in [1.807, 2.05) is 0 Å². The number of aliphatic imine (C=N–C) groups is 1. The molecule has 1 atom stereocenters. The third-order valence-corrected chi connectivity index (χ3v) is 8.98. The summed E-state index contributed by atoms with van der Waals surface area (Å²) in [6.07, 6.45) is 0.740. The molecule has 1 N–H and O–H groups in total. The number of benzene rings is 1. The first-order valence-electron chi connectivity index (χ1n) is 9.37. The number of amides is 1. The van der Waals surface area contributed by atoms with Gasteiger partial charge < -0.3 is 9.84 Å². The van der Waals surface area contributed by atoms with Crippen LogP contribution in [0.15, 0.2) is 33.5 Å². The van der Waals surface area contributed by atoms with Crippen LogP contribution in [0.1, 0.15) is 12.5 Å². The highest BCUT2D eigenvalue weighted by atomic mass is 32.3. The highest BCUT2D eigenvalue weighted by molar-refractivity contribution is 8.27. The molecule has 0 bridgehead atoms. The molecule has 0 radical (unpaired) electrons. The van der Waals surface area contributed by atoms with E-state index < -0.39 is 41.2 Å². The van der Waals surface area contributed by atoms with Gasteiger partial charge in [-0.2, -0.15) is 0 Å². The molecule has 7 nitrogen and oxygen atoms in total. The van der Waals surface area contributed by atoms with Crippen molar-refractivity contribution in [2.75, 3.05) is 19.6 Å². The second-order valence-corrected chi connectivity index (χ2v) is 17.4. The quantitative estimate of drug-likeness (QED) is 0.343. The molecule has 1 aliphatic rings. The van der Waals surface area contributed by atoms with Gasteiger partial charge in [-0.05, 0) is 36.9 Å². The Bertz CT molecular complexity index is 1020. The molecule has 0 spiro atoms. The van der Waals surface area contributed by atoms with E-state index in [0.717, 1.165) is 23.3 Å². The van der Waals surface area contributed by atoms with Gasteiger partial charge in [0, 0.05) is 26.5 Å². The highest BCUT2D eigenvalue weighted by Gasteiger charge is 2.38. The zero-order chi connectivity index (χ0) is 23.6. The number of ether oxygens (including phenoxy) is 1. The molecule has 0 aliphatic carbocycles. The monoisotopic (exact) mass is 492 g/mol. The zero-order valence-electron chi connectivity index (χ0n) is 18.0. The molecule has 1 aromatic rings.